The van der Waals surface area contributed by atoms with E-state index in [-0.39, 0.29) is 5.91 Å². The first kappa shape index (κ1) is 20.6. The summed E-state index contributed by atoms with van der Waals surface area (Å²) in [7, 11) is 1.33. The van der Waals surface area contributed by atoms with Crippen molar-refractivity contribution in [1.82, 2.24) is 10.2 Å². The van der Waals surface area contributed by atoms with E-state index < -0.39 is 5.97 Å². The summed E-state index contributed by atoms with van der Waals surface area (Å²) in [4.78, 5) is 23.5. The maximum atomic E-state index is 12.1. The van der Waals surface area contributed by atoms with E-state index >= 15 is 0 Å². The molecule has 3 rings (SSSR count). The SMILES string of the molecule is COC(=O)c1ccc(NC(=O)CCCSc2nnc(-c3ccc(C)cc3)o2)cc1. The molecule has 0 spiro atoms. The highest BCUT2D eigenvalue weighted by Gasteiger charge is 2.10. The minimum atomic E-state index is -0.411. The van der Waals surface area contributed by atoms with E-state index in [4.69, 9.17) is 4.42 Å². The van der Waals surface area contributed by atoms with Gasteiger partial charge in [-0.3, -0.25) is 4.79 Å². The zero-order valence-electron chi connectivity index (χ0n) is 16.2. The van der Waals surface area contributed by atoms with Gasteiger partial charge in [0.1, 0.15) is 0 Å². The molecule has 1 aromatic heterocycles. The molecule has 1 N–H and O–H groups in total. The van der Waals surface area contributed by atoms with Gasteiger partial charge in [-0.25, -0.2) is 4.79 Å². The third-order valence-electron chi connectivity index (χ3n) is 4.07. The number of benzene rings is 2. The fraction of sp³-hybridized carbons (Fsp3) is 0.238. The van der Waals surface area contributed by atoms with E-state index in [1.807, 2.05) is 31.2 Å². The van der Waals surface area contributed by atoms with Crippen LogP contribution < -0.4 is 5.32 Å². The average Bonchev–Trinajstić information content (AvgIpc) is 3.20. The number of carbonyl (C=O) groups excluding carboxylic acids is 2. The van der Waals surface area contributed by atoms with Crippen LogP contribution in [-0.2, 0) is 9.53 Å². The van der Waals surface area contributed by atoms with E-state index in [0.29, 0.717) is 41.0 Å². The molecule has 0 aliphatic rings. The molecule has 29 heavy (non-hydrogen) atoms. The lowest BCUT2D eigenvalue weighted by molar-refractivity contribution is -0.116. The van der Waals surface area contributed by atoms with E-state index in [0.717, 1.165) is 5.56 Å². The Bertz CT molecular complexity index is 968. The number of nitrogens with one attached hydrogen (secondary N) is 1. The number of carbonyl (C=O) groups is 2. The summed E-state index contributed by atoms with van der Waals surface area (Å²) in [5.41, 5.74) is 3.12. The fourth-order valence-electron chi connectivity index (χ4n) is 2.50. The average molecular weight is 411 g/mol. The molecule has 0 bridgehead atoms. The van der Waals surface area contributed by atoms with Crippen LogP contribution in [0.4, 0.5) is 5.69 Å². The molecule has 0 saturated carbocycles. The van der Waals surface area contributed by atoms with Crippen LogP contribution in [0.15, 0.2) is 58.2 Å². The predicted molar refractivity (Wildman–Crippen MR) is 111 cm³/mol. The monoisotopic (exact) mass is 411 g/mol. The van der Waals surface area contributed by atoms with Crippen LogP contribution in [0.25, 0.3) is 11.5 Å². The highest BCUT2D eigenvalue weighted by molar-refractivity contribution is 7.99. The second-order valence-electron chi connectivity index (χ2n) is 6.31. The number of hydrogen-bond acceptors (Lipinski definition) is 7. The van der Waals surface area contributed by atoms with Gasteiger partial charge in [0.2, 0.25) is 11.8 Å². The molecule has 0 unspecified atom stereocenters. The second kappa shape index (κ2) is 9.88. The minimum Gasteiger partial charge on any atom is -0.465 e. The number of hydrogen-bond donors (Lipinski definition) is 1. The quantitative estimate of drug-likeness (QED) is 0.335. The lowest BCUT2D eigenvalue weighted by atomic mass is 10.1. The largest absolute Gasteiger partial charge is 0.465 e. The van der Waals surface area contributed by atoms with Gasteiger partial charge in [0.25, 0.3) is 5.22 Å². The molecule has 0 fully saturated rings. The molecule has 0 atom stereocenters. The lowest BCUT2D eigenvalue weighted by Gasteiger charge is -2.05. The molecular weight excluding hydrogens is 390 g/mol. The minimum absolute atomic E-state index is 0.0951. The fourth-order valence-corrected chi connectivity index (χ4v) is 3.20. The number of esters is 1. The van der Waals surface area contributed by atoms with Crippen LogP contribution in [0.2, 0.25) is 0 Å². The Kier molecular flexibility index (Phi) is 7.02. The van der Waals surface area contributed by atoms with Gasteiger partial charge in [-0.15, -0.1) is 10.2 Å². The van der Waals surface area contributed by atoms with Crippen LogP contribution >= 0.6 is 11.8 Å². The Morgan fingerprint density at radius 2 is 1.79 bits per heavy atom. The first-order valence-corrected chi connectivity index (χ1v) is 10.1. The molecule has 8 heteroatoms. The number of aryl methyl sites for hydroxylation is 1. The summed E-state index contributed by atoms with van der Waals surface area (Å²) in [5.74, 6) is 0.666. The number of aromatic nitrogens is 2. The van der Waals surface area contributed by atoms with Crippen molar-refractivity contribution in [3.8, 4) is 11.5 Å². The molecular formula is C21H21N3O4S. The van der Waals surface area contributed by atoms with E-state index in [1.165, 1.54) is 24.4 Å². The number of nitrogens with zero attached hydrogens (tertiary/aromatic N) is 2. The predicted octanol–water partition coefficient (Wildman–Crippen LogP) is 4.34. The summed E-state index contributed by atoms with van der Waals surface area (Å²) in [6.45, 7) is 2.02. The lowest BCUT2D eigenvalue weighted by Crippen LogP contribution is -2.11. The number of ether oxygens (including phenoxy) is 1. The molecule has 2 aromatic carbocycles. The van der Waals surface area contributed by atoms with Crippen molar-refractivity contribution in [1.29, 1.82) is 0 Å². The summed E-state index contributed by atoms with van der Waals surface area (Å²) in [6.07, 6.45) is 1.03. The summed E-state index contributed by atoms with van der Waals surface area (Å²) in [5, 5.41) is 11.4. The van der Waals surface area contributed by atoms with Crippen molar-refractivity contribution in [3.63, 3.8) is 0 Å². The standard InChI is InChI=1S/C21H21N3O4S/c1-14-5-7-15(8-6-14)19-23-24-21(28-19)29-13-3-4-18(25)22-17-11-9-16(10-12-17)20(26)27-2/h5-12H,3-4,13H2,1-2H3,(H,22,25). The van der Waals surface area contributed by atoms with Gasteiger partial charge in [-0.2, -0.15) is 0 Å². The smallest absolute Gasteiger partial charge is 0.337 e. The molecule has 0 saturated heterocycles. The molecule has 1 heterocycles. The highest BCUT2D eigenvalue weighted by Crippen LogP contribution is 2.24. The maximum Gasteiger partial charge on any atom is 0.337 e. The molecule has 3 aromatic rings. The number of amides is 1. The van der Waals surface area contributed by atoms with E-state index in [9.17, 15) is 9.59 Å². The zero-order chi connectivity index (χ0) is 20.6. The van der Waals surface area contributed by atoms with Crippen LogP contribution in [0.5, 0.6) is 0 Å². The Balaban J connectivity index is 1.40. The summed E-state index contributed by atoms with van der Waals surface area (Å²) in [6, 6.07) is 14.4. The van der Waals surface area contributed by atoms with Gasteiger partial charge in [0.05, 0.1) is 12.7 Å². The molecule has 0 aliphatic heterocycles. The van der Waals surface area contributed by atoms with Crippen LogP contribution in [0.3, 0.4) is 0 Å². The van der Waals surface area contributed by atoms with Gasteiger partial charge in [0.15, 0.2) is 0 Å². The third-order valence-corrected chi connectivity index (χ3v) is 4.97. The van der Waals surface area contributed by atoms with Crippen molar-refractivity contribution in [3.05, 3.63) is 59.7 Å². The molecule has 0 radical (unpaired) electrons. The van der Waals surface area contributed by atoms with E-state index in [1.54, 1.807) is 24.3 Å². The van der Waals surface area contributed by atoms with Gasteiger partial charge >= 0.3 is 5.97 Å². The Morgan fingerprint density at radius 1 is 1.07 bits per heavy atom. The van der Waals surface area contributed by atoms with Crippen molar-refractivity contribution in [2.24, 2.45) is 0 Å². The Morgan fingerprint density at radius 3 is 2.48 bits per heavy atom. The topological polar surface area (TPSA) is 94.3 Å². The van der Waals surface area contributed by atoms with Gasteiger partial charge in [-0.05, 0) is 49.7 Å². The molecule has 7 nitrogen and oxygen atoms in total. The van der Waals surface area contributed by atoms with Crippen LogP contribution in [-0.4, -0.2) is 34.9 Å². The maximum absolute atomic E-state index is 12.1. The molecule has 150 valence electrons. The van der Waals surface area contributed by atoms with Crippen molar-refractivity contribution < 1.29 is 18.7 Å². The zero-order valence-corrected chi connectivity index (χ0v) is 17.0. The number of anilines is 1. The second-order valence-corrected chi connectivity index (χ2v) is 7.35. The number of thioether (sulfide) groups is 1. The van der Waals surface area contributed by atoms with Crippen molar-refractivity contribution in [2.45, 2.75) is 25.0 Å². The highest BCUT2D eigenvalue weighted by atomic mass is 32.2. The van der Waals surface area contributed by atoms with Gasteiger partial charge in [-0.1, -0.05) is 29.5 Å². The normalized spacial score (nSPS) is 10.6. The number of rotatable bonds is 8. The first-order chi connectivity index (χ1) is 14.0. The van der Waals surface area contributed by atoms with Crippen molar-refractivity contribution >= 4 is 29.3 Å². The Hall–Kier alpha value is -3.13. The third kappa shape index (κ3) is 5.92. The van der Waals surface area contributed by atoms with Gasteiger partial charge in [0, 0.05) is 23.4 Å². The number of methoxy groups -OCH3 is 1. The van der Waals surface area contributed by atoms with Crippen molar-refractivity contribution in [2.75, 3.05) is 18.2 Å². The van der Waals surface area contributed by atoms with Crippen LogP contribution in [0.1, 0.15) is 28.8 Å². The Labute approximate surface area is 172 Å². The van der Waals surface area contributed by atoms with E-state index in [2.05, 4.69) is 20.3 Å². The van der Waals surface area contributed by atoms with Crippen LogP contribution in [0, 0.1) is 6.92 Å². The first-order valence-electron chi connectivity index (χ1n) is 9.07. The molecule has 0 aliphatic carbocycles. The molecule has 1 amide bonds. The summed E-state index contributed by atoms with van der Waals surface area (Å²) >= 11 is 1.42. The summed E-state index contributed by atoms with van der Waals surface area (Å²) < 4.78 is 10.3. The van der Waals surface area contributed by atoms with Gasteiger partial charge < -0.3 is 14.5 Å².